The number of carbonyl (C=O) groups excluding carboxylic acids is 1. The highest BCUT2D eigenvalue weighted by atomic mass is 16.2. The minimum Gasteiger partial charge on any atom is -0.363 e. The van der Waals surface area contributed by atoms with Crippen LogP contribution in [-0.2, 0) is 13.5 Å². The molecule has 172 valence electrons. The third-order valence-electron chi connectivity index (χ3n) is 6.24. The first kappa shape index (κ1) is 21.3. The van der Waals surface area contributed by atoms with E-state index in [2.05, 4.69) is 44.1 Å². The van der Waals surface area contributed by atoms with Crippen molar-refractivity contribution in [3.8, 4) is 0 Å². The minimum absolute atomic E-state index is 0.000915. The van der Waals surface area contributed by atoms with Crippen molar-refractivity contribution in [2.24, 2.45) is 7.05 Å². The number of anilines is 3. The number of urea groups is 1. The van der Waals surface area contributed by atoms with Gasteiger partial charge in [0.05, 0.1) is 23.4 Å². The third-order valence-corrected chi connectivity index (χ3v) is 6.24. The van der Waals surface area contributed by atoms with Crippen LogP contribution in [0.4, 0.5) is 22.0 Å². The Bertz CT molecular complexity index is 1240. The summed E-state index contributed by atoms with van der Waals surface area (Å²) in [5.74, 6) is 0.931. The number of nitrogens with one attached hydrogen (secondary N) is 3. The first-order chi connectivity index (χ1) is 15.8. The molecule has 33 heavy (non-hydrogen) atoms. The predicted molar refractivity (Wildman–Crippen MR) is 132 cm³/mol. The van der Waals surface area contributed by atoms with Crippen molar-refractivity contribution in [2.45, 2.75) is 45.2 Å². The Morgan fingerprint density at radius 2 is 2.06 bits per heavy atom. The summed E-state index contributed by atoms with van der Waals surface area (Å²) in [6.45, 7) is 7.37. The molecular weight excluding hydrogens is 414 g/mol. The SMILES string of the molecule is Cn1cnc2ccc(Nc3ccnc4c3CC(C3=CCN(C(=O)NC(C)(C)C)CC3)N4)cc21. The Labute approximate surface area is 194 Å². The zero-order valence-electron chi connectivity index (χ0n) is 19.6. The number of aryl methyl sites for hydroxylation is 1. The van der Waals surface area contributed by atoms with Crippen LogP contribution in [0.25, 0.3) is 11.0 Å². The Morgan fingerprint density at radius 1 is 1.21 bits per heavy atom. The monoisotopic (exact) mass is 445 g/mol. The van der Waals surface area contributed by atoms with Gasteiger partial charge >= 0.3 is 6.03 Å². The second-order valence-corrected chi connectivity index (χ2v) is 9.93. The van der Waals surface area contributed by atoms with Gasteiger partial charge in [-0.15, -0.1) is 0 Å². The highest BCUT2D eigenvalue weighted by Crippen LogP contribution is 2.35. The fraction of sp³-hybridized carbons (Fsp3) is 0.400. The van der Waals surface area contributed by atoms with Crippen molar-refractivity contribution >= 4 is 34.3 Å². The maximum absolute atomic E-state index is 12.5. The van der Waals surface area contributed by atoms with Crippen molar-refractivity contribution in [3.05, 3.63) is 54.0 Å². The number of hydrogen-bond acceptors (Lipinski definition) is 5. The fourth-order valence-electron chi connectivity index (χ4n) is 4.53. The molecule has 0 saturated heterocycles. The van der Waals surface area contributed by atoms with Gasteiger partial charge in [0.15, 0.2) is 0 Å². The maximum Gasteiger partial charge on any atom is 0.318 e. The van der Waals surface area contributed by atoms with Crippen LogP contribution in [0.1, 0.15) is 32.8 Å². The van der Waals surface area contributed by atoms with Crippen LogP contribution in [0, 0.1) is 0 Å². The summed E-state index contributed by atoms with van der Waals surface area (Å²) in [6, 6.07) is 8.46. The normalized spacial score (nSPS) is 18.0. The molecular formula is C25H31N7O. The summed E-state index contributed by atoms with van der Waals surface area (Å²) in [5.41, 5.74) is 6.48. The molecule has 8 nitrogen and oxygen atoms in total. The van der Waals surface area contributed by atoms with Crippen molar-refractivity contribution < 1.29 is 4.79 Å². The Balaban J connectivity index is 1.29. The second-order valence-electron chi connectivity index (χ2n) is 9.93. The van der Waals surface area contributed by atoms with E-state index in [9.17, 15) is 4.79 Å². The average molecular weight is 446 g/mol. The van der Waals surface area contributed by atoms with Crippen LogP contribution in [0.5, 0.6) is 0 Å². The highest BCUT2D eigenvalue weighted by molar-refractivity contribution is 5.82. The van der Waals surface area contributed by atoms with E-state index >= 15 is 0 Å². The van der Waals surface area contributed by atoms with E-state index in [-0.39, 0.29) is 17.6 Å². The van der Waals surface area contributed by atoms with Gasteiger partial charge in [0.1, 0.15) is 5.82 Å². The van der Waals surface area contributed by atoms with E-state index in [0.29, 0.717) is 6.54 Å². The maximum atomic E-state index is 12.5. The van der Waals surface area contributed by atoms with E-state index in [1.807, 2.05) is 61.9 Å². The first-order valence-electron chi connectivity index (χ1n) is 11.5. The third kappa shape index (κ3) is 4.37. The molecule has 1 atom stereocenters. The van der Waals surface area contributed by atoms with Crippen LogP contribution in [-0.4, -0.2) is 50.1 Å². The van der Waals surface area contributed by atoms with Crippen molar-refractivity contribution in [2.75, 3.05) is 23.7 Å². The van der Waals surface area contributed by atoms with Gasteiger partial charge in [0.25, 0.3) is 0 Å². The number of imidazole rings is 1. The molecule has 2 aliphatic heterocycles. The van der Waals surface area contributed by atoms with E-state index in [1.54, 1.807) is 0 Å². The number of amides is 2. The lowest BCUT2D eigenvalue weighted by Gasteiger charge is -2.31. The quantitative estimate of drug-likeness (QED) is 0.526. The van der Waals surface area contributed by atoms with E-state index in [1.165, 1.54) is 11.1 Å². The van der Waals surface area contributed by atoms with Crippen molar-refractivity contribution in [1.29, 1.82) is 0 Å². The van der Waals surface area contributed by atoms with Crippen LogP contribution < -0.4 is 16.0 Å². The van der Waals surface area contributed by atoms with Gasteiger partial charge in [0.2, 0.25) is 0 Å². The number of carbonyl (C=O) groups is 1. The molecule has 8 heteroatoms. The first-order valence-corrected chi connectivity index (χ1v) is 11.5. The molecule has 3 aromatic rings. The van der Waals surface area contributed by atoms with Gasteiger partial charge in [-0.3, -0.25) is 0 Å². The Kier molecular flexibility index (Phi) is 5.23. The smallest absolute Gasteiger partial charge is 0.318 e. The van der Waals surface area contributed by atoms with Crippen LogP contribution in [0.3, 0.4) is 0 Å². The number of fused-ring (bicyclic) bond motifs is 2. The molecule has 0 radical (unpaired) electrons. The summed E-state index contributed by atoms with van der Waals surface area (Å²) < 4.78 is 2.02. The summed E-state index contributed by atoms with van der Waals surface area (Å²) in [6.07, 6.45) is 7.60. The molecule has 2 aliphatic rings. The van der Waals surface area contributed by atoms with Gasteiger partial charge in [-0.2, -0.15) is 0 Å². The molecule has 0 aliphatic carbocycles. The largest absolute Gasteiger partial charge is 0.363 e. The molecule has 2 aromatic heterocycles. The number of rotatable bonds is 3. The molecule has 1 aromatic carbocycles. The van der Waals surface area contributed by atoms with Crippen molar-refractivity contribution in [1.82, 2.24) is 24.8 Å². The lowest BCUT2D eigenvalue weighted by Crippen LogP contribution is -2.50. The van der Waals surface area contributed by atoms with E-state index in [0.717, 1.165) is 47.6 Å². The molecule has 0 bridgehead atoms. The van der Waals surface area contributed by atoms with Gasteiger partial charge in [-0.25, -0.2) is 14.8 Å². The standard InChI is InChI=1S/C25H31N7O/c1-25(2,3)30-24(33)32-11-8-16(9-12-32)21-14-18-19(7-10-26-23(18)29-21)28-17-5-6-20-22(13-17)31(4)15-27-20/h5-8,10,13,15,21H,9,11-12,14H2,1-4H3,(H,30,33)(H2,26,28,29). The number of nitrogens with zero attached hydrogens (tertiary/aromatic N) is 4. The molecule has 3 N–H and O–H groups in total. The fourth-order valence-corrected chi connectivity index (χ4v) is 4.53. The van der Waals surface area contributed by atoms with Crippen LogP contribution >= 0.6 is 0 Å². The number of aromatic nitrogens is 3. The van der Waals surface area contributed by atoms with Crippen LogP contribution in [0.15, 0.2) is 48.4 Å². The summed E-state index contributed by atoms with van der Waals surface area (Å²) in [4.78, 5) is 23.3. The molecule has 4 heterocycles. The van der Waals surface area contributed by atoms with Gasteiger partial charge in [-0.1, -0.05) is 6.08 Å². The molecule has 1 unspecified atom stereocenters. The zero-order chi connectivity index (χ0) is 23.2. The van der Waals surface area contributed by atoms with Gasteiger partial charge < -0.3 is 25.4 Å². The van der Waals surface area contributed by atoms with Gasteiger partial charge in [0, 0.05) is 55.2 Å². The van der Waals surface area contributed by atoms with E-state index < -0.39 is 0 Å². The second kappa shape index (κ2) is 8.10. The topological polar surface area (TPSA) is 87.1 Å². The lowest BCUT2D eigenvalue weighted by atomic mass is 9.97. The molecule has 0 fully saturated rings. The molecule has 0 saturated carbocycles. The van der Waals surface area contributed by atoms with Crippen LogP contribution in [0.2, 0.25) is 0 Å². The number of pyridine rings is 1. The number of benzene rings is 1. The average Bonchev–Trinajstić information content (AvgIpc) is 3.37. The van der Waals surface area contributed by atoms with Crippen molar-refractivity contribution in [3.63, 3.8) is 0 Å². The predicted octanol–water partition coefficient (Wildman–Crippen LogP) is 4.19. The summed E-state index contributed by atoms with van der Waals surface area (Å²) >= 11 is 0. The zero-order valence-corrected chi connectivity index (χ0v) is 19.6. The Hall–Kier alpha value is -3.55. The molecule has 0 spiro atoms. The number of hydrogen-bond donors (Lipinski definition) is 3. The highest BCUT2D eigenvalue weighted by Gasteiger charge is 2.30. The Morgan fingerprint density at radius 3 is 2.82 bits per heavy atom. The lowest BCUT2D eigenvalue weighted by molar-refractivity contribution is 0.192. The summed E-state index contributed by atoms with van der Waals surface area (Å²) in [7, 11) is 2.00. The minimum atomic E-state index is -0.230. The summed E-state index contributed by atoms with van der Waals surface area (Å²) in [5, 5.41) is 10.2. The van der Waals surface area contributed by atoms with E-state index in [4.69, 9.17) is 0 Å². The molecule has 5 rings (SSSR count). The van der Waals surface area contributed by atoms with Gasteiger partial charge in [-0.05, 0) is 57.0 Å². The molecule has 2 amide bonds.